The molecule has 0 aromatic rings. The second-order valence-electron chi connectivity index (χ2n) is 16.8. The summed E-state index contributed by atoms with van der Waals surface area (Å²) in [6.07, 6.45) is 2.23. The van der Waals surface area contributed by atoms with Crippen molar-refractivity contribution in [3.63, 3.8) is 0 Å². The lowest BCUT2D eigenvalue weighted by atomic mass is 9.34. The minimum absolute atomic E-state index is 0.112. The molecule has 5 fully saturated rings. The van der Waals surface area contributed by atoms with Crippen molar-refractivity contribution in [1.29, 1.82) is 0 Å². The molecule has 4 aliphatic carbocycles. The van der Waals surface area contributed by atoms with Gasteiger partial charge in [0.05, 0.1) is 24.9 Å². The molecule has 252 valence electrons. The van der Waals surface area contributed by atoms with E-state index in [1.165, 1.54) is 11.1 Å². The van der Waals surface area contributed by atoms with Gasteiger partial charge in [0.25, 0.3) is 0 Å². The van der Waals surface area contributed by atoms with Crippen molar-refractivity contribution >= 4 is 0 Å². The first-order chi connectivity index (χ1) is 20.4. The van der Waals surface area contributed by atoms with E-state index in [2.05, 4.69) is 67.5 Å². The minimum atomic E-state index is -1.52. The Labute approximate surface area is 264 Å². The number of hydrogen-bond acceptors (Lipinski definition) is 8. The number of fused-ring (bicyclic) bond motifs is 5. The summed E-state index contributed by atoms with van der Waals surface area (Å²) in [5, 5.41) is 65.2. The average molecular weight is 621 g/mol. The van der Waals surface area contributed by atoms with Gasteiger partial charge in [-0.05, 0) is 111 Å². The van der Waals surface area contributed by atoms with Gasteiger partial charge in [-0.15, -0.1) is 0 Å². The molecule has 6 N–H and O–H groups in total. The highest BCUT2D eigenvalue weighted by atomic mass is 16.7. The maximum atomic E-state index is 12.0. The van der Waals surface area contributed by atoms with Crippen LogP contribution in [0.3, 0.4) is 0 Å². The second-order valence-corrected chi connectivity index (χ2v) is 16.8. The van der Waals surface area contributed by atoms with Gasteiger partial charge in [-0.25, -0.2) is 0 Å². The van der Waals surface area contributed by atoms with Gasteiger partial charge in [0.15, 0.2) is 6.29 Å². The van der Waals surface area contributed by atoms with Crippen molar-refractivity contribution in [1.82, 2.24) is 0 Å². The molecule has 1 heterocycles. The molecule has 15 atom stereocenters. The van der Waals surface area contributed by atoms with Crippen molar-refractivity contribution in [2.45, 2.75) is 149 Å². The normalized spacial score (nSPS) is 52.1. The van der Waals surface area contributed by atoms with Crippen LogP contribution >= 0.6 is 0 Å². The zero-order chi connectivity index (χ0) is 32.6. The summed E-state index contributed by atoms with van der Waals surface area (Å²) < 4.78 is 12.6. The Hall–Kier alpha value is -0.840. The molecule has 1 aliphatic heterocycles. The van der Waals surface area contributed by atoms with Gasteiger partial charge >= 0.3 is 0 Å². The maximum absolute atomic E-state index is 12.0. The van der Waals surface area contributed by atoms with Crippen LogP contribution in [0.15, 0.2) is 23.3 Å². The fourth-order valence-electron chi connectivity index (χ4n) is 11.5. The molecule has 4 saturated carbocycles. The fourth-order valence-corrected chi connectivity index (χ4v) is 11.5. The van der Waals surface area contributed by atoms with Crippen molar-refractivity contribution in [2.75, 3.05) is 6.61 Å². The smallest absolute Gasteiger partial charge is 0.186 e. The van der Waals surface area contributed by atoms with Gasteiger partial charge in [-0.3, -0.25) is 0 Å². The van der Waals surface area contributed by atoms with Gasteiger partial charge in [-0.1, -0.05) is 57.9 Å². The zero-order valence-corrected chi connectivity index (χ0v) is 28.2. The largest absolute Gasteiger partial charge is 0.394 e. The highest BCUT2D eigenvalue weighted by Gasteiger charge is 2.72. The first-order valence-corrected chi connectivity index (χ1v) is 17.1. The third kappa shape index (κ3) is 5.18. The van der Waals surface area contributed by atoms with E-state index in [-0.39, 0.29) is 34.0 Å². The van der Waals surface area contributed by atoms with Crippen LogP contribution in [0.1, 0.15) is 100 Å². The van der Waals surface area contributed by atoms with Gasteiger partial charge in [0, 0.05) is 0 Å². The van der Waals surface area contributed by atoms with Crippen LogP contribution < -0.4 is 0 Å². The molecule has 44 heavy (non-hydrogen) atoms. The van der Waals surface area contributed by atoms with Crippen LogP contribution in [0.2, 0.25) is 0 Å². The predicted octanol–water partition coefficient (Wildman–Crippen LogP) is 4.10. The molecule has 0 amide bonds. The third-order valence-corrected chi connectivity index (χ3v) is 13.9. The van der Waals surface area contributed by atoms with Crippen molar-refractivity contribution in [3.8, 4) is 0 Å². The highest BCUT2D eigenvalue weighted by molar-refractivity contribution is 5.24. The van der Waals surface area contributed by atoms with E-state index in [1.54, 1.807) is 0 Å². The monoisotopic (exact) mass is 620 g/mol. The quantitative estimate of drug-likeness (QED) is 0.193. The Balaban J connectivity index is 1.55. The van der Waals surface area contributed by atoms with Gasteiger partial charge < -0.3 is 40.1 Å². The molecule has 0 aromatic heterocycles. The Morgan fingerprint density at radius 1 is 0.864 bits per heavy atom. The fraction of sp³-hybridized carbons (Fsp3) is 0.889. The molecule has 8 heteroatoms. The number of ether oxygens (including phenoxy) is 2. The Morgan fingerprint density at radius 2 is 1.55 bits per heavy atom. The zero-order valence-electron chi connectivity index (χ0n) is 28.2. The van der Waals surface area contributed by atoms with Crippen LogP contribution in [-0.4, -0.2) is 86.3 Å². The standard InChI is InChI=1S/C36H60O8/c1-19(2)10-9-11-20(3)21-12-15-35(7)27(21)22(38)16-25-34(6)14-13-26(39)33(4,5)31(34)23(17-36(25,35)8)43-32-30(42)29(41)28(40)24(18-37)44-32/h10-11,21-32,37-42H,9,12-18H2,1-8H3. The molecular weight excluding hydrogens is 560 g/mol. The summed E-state index contributed by atoms with van der Waals surface area (Å²) in [5.41, 5.74) is 1.49. The molecule has 8 nitrogen and oxygen atoms in total. The second kappa shape index (κ2) is 12.0. The van der Waals surface area contributed by atoms with Crippen LogP contribution in [0, 0.1) is 45.3 Å². The summed E-state index contributed by atoms with van der Waals surface area (Å²) in [6.45, 7) is 17.2. The van der Waals surface area contributed by atoms with E-state index in [4.69, 9.17) is 9.47 Å². The minimum Gasteiger partial charge on any atom is -0.394 e. The summed E-state index contributed by atoms with van der Waals surface area (Å²) in [5.74, 6) is 0.506. The average Bonchev–Trinajstić information content (AvgIpc) is 3.32. The lowest BCUT2D eigenvalue weighted by Crippen LogP contribution is -2.70. The van der Waals surface area contributed by atoms with Crippen molar-refractivity contribution in [3.05, 3.63) is 23.3 Å². The molecule has 5 rings (SSSR count). The lowest BCUT2D eigenvalue weighted by molar-refractivity contribution is -0.346. The molecule has 5 aliphatic rings. The Kier molecular flexibility index (Phi) is 9.40. The van der Waals surface area contributed by atoms with Crippen LogP contribution in [-0.2, 0) is 9.47 Å². The van der Waals surface area contributed by atoms with E-state index in [1.807, 2.05) is 0 Å². The van der Waals surface area contributed by atoms with Crippen molar-refractivity contribution in [2.24, 2.45) is 45.3 Å². The van der Waals surface area contributed by atoms with E-state index < -0.39 is 61.0 Å². The van der Waals surface area contributed by atoms with Gasteiger partial charge in [0.2, 0.25) is 0 Å². The summed E-state index contributed by atoms with van der Waals surface area (Å²) in [7, 11) is 0. The number of hydrogen-bond donors (Lipinski definition) is 6. The molecule has 15 unspecified atom stereocenters. The summed E-state index contributed by atoms with van der Waals surface area (Å²) in [6, 6.07) is 0. The molecule has 0 aromatic carbocycles. The number of allylic oxidation sites excluding steroid dienone is 4. The van der Waals surface area contributed by atoms with E-state index in [9.17, 15) is 30.6 Å². The van der Waals surface area contributed by atoms with Gasteiger partial charge in [0.1, 0.15) is 24.4 Å². The molecular formula is C36H60O8. The summed E-state index contributed by atoms with van der Waals surface area (Å²) >= 11 is 0. The molecule has 0 spiro atoms. The third-order valence-electron chi connectivity index (χ3n) is 13.9. The lowest BCUT2D eigenvalue weighted by Gasteiger charge is -2.72. The first kappa shape index (κ1) is 34.5. The molecule has 0 bridgehead atoms. The molecule has 1 saturated heterocycles. The number of rotatable bonds is 6. The van der Waals surface area contributed by atoms with Crippen LogP contribution in [0.4, 0.5) is 0 Å². The van der Waals surface area contributed by atoms with Crippen LogP contribution in [0.25, 0.3) is 0 Å². The Bertz CT molecular complexity index is 1110. The predicted molar refractivity (Wildman–Crippen MR) is 168 cm³/mol. The first-order valence-electron chi connectivity index (χ1n) is 17.1. The van der Waals surface area contributed by atoms with E-state index >= 15 is 0 Å². The van der Waals surface area contributed by atoms with Gasteiger partial charge in [-0.2, -0.15) is 0 Å². The summed E-state index contributed by atoms with van der Waals surface area (Å²) in [4.78, 5) is 0. The Morgan fingerprint density at radius 3 is 2.18 bits per heavy atom. The van der Waals surface area contributed by atoms with E-state index in [0.717, 1.165) is 25.7 Å². The highest BCUT2D eigenvalue weighted by Crippen LogP contribution is 2.76. The number of aliphatic hydroxyl groups excluding tert-OH is 6. The SMILES string of the molecule is CC(C)=CCC=C(C)C1CCC2(C)C1C(O)CC1C3(C)CCC(O)C(C)(C)C3C(OC3OC(CO)C(O)C(O)C3O)CC12C. The maximum Gasteiger partial charge on any atom is 0.186 e. The topological polar surface area (TPSA) is 140 Å². The van der Waals surface area contributed by atoms with Crippen LogP contribution in [0.5, 0.6) is 0 Å². The number of aliphatic hydroxyl groups is 6. The molecule has 0 radical (unpaired) electrons. The van der Waals surface area contributed by atoms with E-state index in [0.29, 0.717) is 25.2 Å². The van der Waals surface area contributed by atoms with Crippen molar-refractivity contribution < 1.29 is 40.1 Å².